The van der Waals surface area contributed by atoms with Gasteiger partial charge >= 0.3 is 0 Å². The molecule has 2 rings (SSSR count). The van der Waals surface area contributed by atoms with Crippen LogP contribution in [0.15, 0.2) is 12.1 Å². The molecule has 0 saturated carbocycles. The van der Waals surface area contributed by atoms with Gasteiger partial charge in [0.15, 0.2) is 6.10 Å². The second kappa shape index (κ2) is 2.59. The van der Waals surface area contributed by atoms with Crippen molar-refractivity contribution in [2.45, 2.75) is 26.9 Å². The second-order valence-electron chi connectivity index (χ2n) is 3.51. The molecule has 1 aromatic rings. The Hall–Kier alpha value is -1.31. The first-order valence-corrected chi connectivity index (χ1v) is 4.42. The van der Waals surface area contributed by atoms with E-state index in [9.17, 15) is 4.79 Å². The Labute approximate surface area is 77.5 Å². The van der Waals surface area contributed by atoms with E-state index in [4.69, 9.17) is 4.74 Å². The minimum absolute atomic E-state index is 0.0955. The maximum atomic E-state index is 11.5. The fourth-order valence-corrected chi connectivity index (χ4v) is 1.59. The number of hydrogen-bond acceptors (Lipinski definition) is 2. The van der Waals surface area contributed by atoms with Gasteiger partial charge in [-0.1, -0.05) is 6.07 Å². The summed E-state index contributed by atoms with van der Waals surface area (Å²) >= 11 is 0. The van der Waals surface area contributed by atoms with Gasteiger partial charge in [-0.2, -0.15) is 0 Å². The Morgan fingerprint density at radius 2 is 2.00 bits per heavy atom. The van der Waals surface area contributed by atoms with Crippen molar-refractivity contribution in [2.24, 2.45) is 0 Å². The van der Waals surface area contributed by atoms with Crippen LogP contribution < -0.4 is 4.74 Å². The highest BCUT2D eigenvalue weighted by Crippen LogP contribution is 2.33. The average molecular weight is 176 g/mol. The first-order valence-electron chi connectivity index (χ1n) is 4.42. The molecule has 1 aromatic carbocycles. The molecule has 1 aliphatic rings. The van der Waals surface area contributed by atoms with Crippen LogP contribution in [0.4, 0.5) is 0 Å². The molecule has 0 saturated heterocycles. The summed E-state index contributed by atoms with van der Waals surface area (Å²) < 4.78 is 5.48. The van der Waals surface area contributed by atoms with Crippen LogP contribution in [-0.4, -0.2) is 11.9 Å². The first-order chi connectivity index (χ1) is 6.11. The van der Waals surface area contributed by atoms with Gasteiger partial charge in [-0.15, -0.1) is 0 Å². The van der Waals surface area contributed by atoms with Crippen LogP contribution in [0.1, 0.15) is 28.4 Å². The molecule has 13 heavy (non-hydrogen) atoms. The predicted molar refractivity (Wildman–Crippen MR) is 50.3 cm³/mol. The van der Waals surface area contributed by atoms with Gasteiger partial charge < -0.3 is 4.74 Å². The molecule has 0 aliphatic carbocycles. The van der Waals surface area contributed by atoms with Crippen LogP contribution in [0.25, 0.3) is 0 Å². The van der Waals surface area contributed by atoms with Gasteiger partial charge in [0.1, 0.15) is 5.75 Å². The van der Waals surface area contributed by atoms with Crippen molar-refractivity contribution in [3.63, 3.8) is 0 Å². The van der Waals surface area contributed by atoms with Gasteiger partial charge in [0, 0.05) is 0 Å². The van der Waals surface area contributed by atoms with E-state index in [1.807, 2.05) is 26.0 Å². The van der Waals surface area contributed by atoms with Crippen LogP contribution >= 0.6 is 0 Å². The largest absolute Gasteiger partial charge is 0.482 e. The van der Waals surface area contributed by atoms with Crippen LogP contribution in [0.2, 0.25) is 0 Å². The normalized spacial score (nSPS) is 19.9. The highest BCUT2D eigenvalue weighted by atomic mass is 16.5. The highest BCUT2D eigenvalue weighted by Gasteiger charge is 2.29. The Bertz CT molecular complexity index is 380. The number of ether oxygens (including phenoxy) is 1. The number of benzene rings is 1. The van der Waals surface area contributed by atoms with Crippen LogP contribution in [0, 0.1) is 13.8 Å². The molecule has 0 amide bonds. The molecule has 2 nitrogen and oxygen atoms in total. The fourth-order valence-electron chi connectivity index (χ4n) is 1.59. The van der Waals surface area contributed by atoms with Crippen molar-refractivity contribution in [1.29, 1.82) is 0 Å². The topological polar surface area (TPSA) is 26.3 Å². The summed E-state index contributed by atoms with van der Waals surface area (Å²) in [5.74, 6) is 0.871. The lowest BCUT2D eigenvalue weighted by atomic mass is 10.0. The minimum atomic E-state index is -0.310. The van der Waals surface area contributed by atoms with Gasteiger partial charge in [0.25, 0.3) is 0 Å². The Morgan fingerprint density at radius 3 is 2.69 bits per heavy atom. The summed E-state index contributed by atoms with van der Waals surface area (Å²) in [5.41, 5.74) is 2.98. The zero-order valence-corrected chi connectivity index (χ0v) is 8.05. The van der Waals surface area contributed by atoms with Crippen molar-refractivity contribution < 1.29 is 9.53 Å². The Balaban J connectivity index is 2.64. The number of Topliss-reactive ketones (excluding diaryl/α,β-unsaturated/α-hetero) is 1. The third kappa shape index (κ3) is 1.05. The van der Waals surface area contributed by atoms with Crippen molar-refractivity contribution in [1.82, 2.24) is 0 Å². The quantitative estimate of drug-likeness (QED) is 0.606. The third-order valence-electron chi connectivity index (χ3n) is 2.61. The molecular weight excluding hydrogens is 164 g/mol. The van der Waals surface area contributed by atoms with Gasteiger partial charge in [0.05, 0.1) is 5.56 Å². The van der Waals surface area contributed by atoms with Gasteiger partial charge in [0.2, 0.25) is 5.78 Å². The smallest absolute Gasteiger partial charge is 0.206 e. The van der Waals surface area contributed by atoms with Crippen molar-refractivity contribution >= 4 is 5.78 Å². The van der Waals surface area contributed by atoms with E-state index in [0.717, 1.165) is 16.9 Å². The highest BCUT2D eigenvalue weighted by molar-refractivity contribution is 6.04. The summed E-state index contributed by atoms with van der Waals surface area (Å²) in [4.78, 5) is 11.5. The minimum Gasteiger partial charge on any atom is -0.482 e. The van der Waals surface area contributed by atoms with E-state index in [-0.39, 0.29) is 11.9 Å². The monoisotopic (exact) mass is 176 g/mol. The lowest BCUT2D eigenvalue weighted by Crippen LogP contribution is -2.14. The van der Waals surface area contributed by atoms with Gasteiger partial charge in [-0.25, -0.2) is 0 Å². The third-order valence-corrected chi connectivity index (χ3v) is 2.61. The number of fused-ring (bicyclic) bond motifs is 1. The maximum absolute atomic E-state index is 11.5. The molecular formula is C11H12O2. The molecule has 0 spiro atoms. The molecule has 1 aliphatic heterocycles. The molecule has 0 fully saturated rings. The number of ketones is 1. The first kappa shape index (κ1) is 8.30. The number of rotatable bonds is 0. The fraction of sp³-hybridized carbons (Fsp3) is 0.364. The summed E-state index contributed by atoms with van der Waals surface area (Å²) in [7, 11) is 0. The molecule has 0 aromatic heterocycles. The van der Waals surface area contributed by atoms with E-state index < -0.39 is 0 Å². The summed E-state index contributed by atoms with van der Waals surface area (Å²) in [6.07, 6.45) is -0.310. The van der Waals surface area contributed by atoms with Crippen LogP contribution in [0.5, 0.6) is 5.75 Å². The van der Waals surface area contributed by atoms with Crippen LogP contribution in [0.3, 0.4) is 0 Å². The van der Waals surface area contributed by atoms with Crippen molar-refractivity contribution in [2.75, 3.05) is 0 Å². The zero-order chi connectivity index (χ0) is 9.59. The molecule has 0 radical (unpaired) electrons. The van der Waals surface area contributed by atoms with Gasteiger partial charge in [-0.3, -0.25) is 4.79 Å². The molecule has 0 bridgehead atoms. The number of aryl methyl sites for hydroxylation is 1. The van der Waals surface area contributed by atoms with E-state index in [0.29, 0.717) is 0 Å². The molecule has 1 heterocycles. The van der Waals surface area contributed by atoms with E-state index in [2.05, 4.69) is 0 Å². The molecule has 68 valence electrons. The second-order valence-corrected chi connectivity index (χ2v) is 3.51. The maximum Gasteiger partial charge on any atom is 0.206 e. The van der Waals surface area contributed by atoms with Gasteiger partial charge in [-0.05, 0) is 38.0 Å². The van der Waals surface area contributed by atoms with Crippen molar-refractivity contribution in [3.05, 3.63) is 28.8 Å². The Morgan fingerprint density at radius 1 is 1.31 bits per heavy atom. The summed E-state index contributed by atoms with van der Waals surface area (Å²) in [6.45, 7) is 5.79. The lowest BCUT2D eigenvalue weighted by molar-refractivity contribution is 0.0878. The summed E-state index contributed by atoms with van der Waals surface area (Å²) in [5, 5.41) is 0. The number of carbonyl (C=O) groups excluding carboxylic acids is 1. The van der Waals surface area contributed by atoms with E-state index in [1.165, 1.54) is 5.56 Å². The summed E-state index contributed by atoms with van der Waals surface area (Å²) in [6, 6.07) is 3.82. The number of carbonyl (C=O) groups is 1. The zero-order valence-electron chi connectivity index (χ0n) is 8.05. The molecule has 0 N–H and O–H groups in total. The Kier molecular flexibility index (Phi) is 1.65. The van der Waals surface area contributed by atoms with Crippen molar-refractivity contribution in [3.8, 4) is 5.75 Å². The lowest BCUT2D eigenvalue weighted by Gasteiger charge is -2.06. The predicted octanol–water partition coefficient (Wildman–Crippen LogP) is 2.27. The van der Waals surface area contributed by atoms with E-state index >= 15 is 0 Å². The standard InChI is InChI=1S/C11H12O2/c1-6-4-5-9-10(12)8(3)13-11(9)7(6)2/h4-5,8H,1-3H3. The van der Waals surface area contributed by atoms with E-state index in [1.54, 1.807) is 6.92 Å². The number of hydrogen-bond donors (Lipinski definition) is 0. The SMILES string of the molecule is Cc1ccc2c(c1C)OC(C)C2=O. The molecule has 1 unspecified atom stereocenters. The van der Waals surface area contributed by atoms with Crippen LogP contribution in [-0.2, 0) is 0 Å². The average Bonchev–Trinajstić information content (AvgIpc) is 2.38. The molecule has 2 heteroatoms. The molecule has 1 atom stereocenters.